The Balaban J connectivity index is 2.17. The van der Waals surface area contributed by atoms with Crippen molar-refractivity contribution in [2.24, 2.45) is 5.92 Å². The van der Waals surface area contributed by atoms with E-state index in [2.05, 4.69) is 0 Å². The van der Waals surface area contributed by atoms with Gasteiger partial charge in [-0.05, 0) is 46.9 Å². The highest BCUT2D eigenvalue weighted by Gasteiger charge is 2.36. The minimum atomic E-state index is -0.972. The zero-order chi connectivity index (χ0) is 16.6. The molecule has 0 radical (unpaired) electrons. The summed E-state index contributed by atoms with van der Waals surface area (Å²) in [5.41, 5.74) is 1.89. The summed E-state index contributed by atoms with van der Waals surface area (Å²) in [5, 5.41) is 20.7. The van der Waals surface area contributed by atoms with Gasteiger partial charge in [0.25, 0.3) is 0 Å². The van der Waals surface area contributed by atoms with Crippen LogP contribution in [0.2, 0.25) is 0 Å². The number of ether oxygens (including phenoxy) is 1. The van der Waals surface area contributed by atoms with Crippen LogP contribution in [0.4, 0.5) is 0 Å². The number of hydrogen-bond acceptors (Lipinski definition) is 3. The van der Waals surface area contributed by atoms with Gasteiger partial charge >= 0.3 is 11.9 Å². The highest BCUT2D eigenvalue weighted by atomic mass is 16.5. The van der Waals surface area contributed by atoms with E-state index in [-0.39, 0.29) is 6.42 Å². The van der Waals surface area contributed by atoms with Crippen LogP contribution < -0.4 is 4.74 Å². The average molecular weight is 314 g/mol. The zero-order valence-corrected chi connectivity index (χ0v) is 12.8. The summed E-state index contributed by atoms with van der Waals surface area (Å²) in [6, 6.07) is 9.59. The molecule has 1 aliphatic rings. The Bertz CT molecular complexity index is 780. The molecule has 0 saturated heterocycles. The number of rotatable bonds is 4. The van der Waals surface area contributed by atoms with Crippen LogP contribution in [0.15, 0.2) is 30.3 Å². The standard InChI is InChI=1S/C18H18O5/c1-23-11-4-2-10-3-5-13-12(15(10)8-11)6-7-14(18(21)22)16(13)9-17(19)20/h2-5,8,14,16H,6-7,9H2,1H3,(H,19,20)(H,21,22)/t14-,16+/m0/s1. The van der Waals surface area contributed by atoms with Gasteiger partial charge in [-0.1, -0.05) is 18.2 Å². The van der Waals surface area contributed by atoms with Gasteiger partial charge in [-0.25, -0.2) is 0 Å². The van der Waals surface area contributed by atoms with Gasteiger partial charge in [0.05, 0.1) is 19.4 Å². The first-order chi connectivity index (χ1) is 11.0. The number of hydrogen-bond donors (Lipinski definition) is 2. The molecular weight excluding hydrogens is 296 g/mol. The molecule has 0 fully saturated rings. The summed E-state index contributed by atoms with van der Waals surface area (Å²) in [7, 11) is 1.60. The van der Waals surface area contributed by atoms with Crippen molar-refractivity contribution >= 4 is 22.7 Å². The number of aliphatic carboxylic acids is 2. The summed E-state index contributed by atoms with van der Waals surface area (Å²) in [6.45, 7) is 0. The van der Waals surface area contributed by atoms with Gasteiger partial charge < -0.3 is 14.9 Å². The van der Waals surface area contributed by atoms with E-state index in [9.17, 15) is 19.8 Å². The fourth-order valence-corrected chi connectivity index (χ4v) is 3.58. The predicted molar refractivity (Wildman–Crippen MR) is 84.9 cm³/mol. The van der Waals surface area contributed by atoms with Crippen molar-refractivity contribution in [1.29, 1.82) is 0 Å². The Hall–Kier alpha value is -2.56. The van der Waals surface area contributed by atoms with Gasteiger partial charge in [-0.3, -0.25) is 9.59 Å². The first kappa shape index (κ1) is 15.3. The highest BCUT2D eigenvalue weighted by Crippen LogP contribution is 2.42. The average Bonchev–Trinajstić information content (AvgIpc) is 2.53. The van der Waals surface area contributed by atoms with E-state index >= 15 is 0 Å². The second-order valence-corrected chi connectivity index (χ2v) is 5.91. The summed E-state index contributed by atoms with van der Waals surface area (Å²) in [6.07, 6.45) is 0.920. The fourth-order valence-electron chi connectivity index (χ4n) is 3.58. The summed E-state index contributed by atoms with van der Waals surface area (Å²) >= 11 is 0. The molecule has 0 bridgehead atoms. The number of methoxy groups -OCH3 is 1. The molecule has 0 amide bonds. The summed E-state index contributed by atoms with van der Waals surface area (Å²) in [4.78, 5) is 22.7. The molecule has 2 N–H and O–H groups in total. The van der Waals surface area contributed by atoms with Gasteiger partial charge in [0.2, 0.25) is 0 Å². The van der Waals surface area contributed by atoms with Crippen LogP contribution in [-0.4, -0.2) is 29.3 Å². The maximum Gasteiger partial charge on any atom is 0.307 e. The highest BCUT2D eigenvalue weighted by molar-refractivity contribution is 5.89. The van der Waals surface area contributed by atoms with Crippen molar-refractivity contribution in [2.45, 2.75) is 25.2 Å². The lowest BCUT2D eigenvalue weighted by atomic mass is 9.72. The molecule has 0 aliphatic heterocycles. The minimum Gasteiger partial charge on any atom is -0.497 e. The smallest absolute Gasteiger partial charge is 0.307 e. The van der Waals surface area contributed by atoms with Gasteiger partial charge in [0, 0.05) is 5.92 Å². The van der Waals surface area contributed by atoms with Crippen LogP contribution in [0, 0.1) is 5.92 Å². The van der Waals surface area contributed by atoms with Gasteiger partial charge in [-0.15, -0.1) is 0 Å². The van der Waals surface area contributed by atoms with E-state index in [0.29, 0.717) is 12.8 Å². The SMILES string of the molecule is COc1ccc2ccc3c(c2c1)CC[C@H](C(=O)O)[C@@H]3CC(=O)O. The third-order valence-corrected chi connectivity index (χ3v) is 4.68. The van der Waals surface area contributed by atoms with Gasteiger partial charge in [0.1, 0.15) is 5.75 Å². The molecule has 0 saturated carbocycles. The first-order valence-electron chi connectivity index (χ1n) is 7.55. The Labute approximate surface area is 133 Å². The topological polar surface area (TPSA) is 83.8 Å². The van der Waals surface area contributed by atoms with Gasteiger partial charge in [-0.2, -0.15) is 0 Å². The van der Waals surface area contributed by atoms with Crippen LogP contribution in [0.25, 0.3) is 10.8 Å². The molecule has 0 unspecified atom stereocenters. The molecule has 5 nitrogen and oxygen atoms in total. The van der Waals surface area contributed by atoms with Gasteiger partial charge in [0.15, 0.2) is 0 Å². The van der Waals surface area contributed by atoms with Crippen molar-refractivity contribution in [3.8, 4) is 5.75 Å². The Kier molecular flexibility index (Phi) is 3.94. The second-order valence-electron chi connectivity index (χ2n) is 5.91. The monoisotopic (exact) mass is 314 g/mol. The van der Waals surface area contributed by atoms with Crippen molar-refractivity contribution in [3.05, 3.63) is 41.5 Å². The van der Waals surface area contributed by atoms with Crippen LogP contribution in [0.5, 0.6) is 5.75 Å². The van der Waals surface area contributed by atoms with E-state index in [1.54, 1.807) is 7.11 Å². The van der Waals surface area contributed by atoms with E-state index in [1.165, 1.54) is 0 Å². The maximum atomic E-state index is 11.5. The molecule has 0 heterocycles. The molecule has 0 spiro atoms. The summed E-state index contributed by atoms with van der Waals surface area (Å²) < 4.78 is 5.28. The molecule has 1 aliphatic carbocycles. The second kappa shape index (κ2) is 5.91. The molecule has 2 atom stereocenters. The van der Waals surface area contributed by atoms with E-state index in [0.717, 1.165) is 27.6 Å². The predicted octanol–water partition coefficient (Wildman–Crippen LogP) is 3.05. The molecule has 2 aromatic carbocycles. The third-order valence-electron chi connectivity index (χ3n) is 4.68. The number of carboxylic acid groups (broad SMARTS) is 2. The first-order valence-corrected chi connectivity index (χ1v) is 7.55. The lowest BCUT2D eigenvalue weighted by Crippen LogP contribution is -2.29. The molecule has 23 heavy (non-hydrogen) atoms. The fraction of sp³-hybridized carbons (Fsp3) is 0.333. The van der Waals surface area contributed by atoms with Crippen LogP contribution in [-0.2, 0) is 16.0 Å². The normalized spacial score (nSPS) is 20.0. The number of aryl methyl sites for hydroxylation is 1. The molecule has 5 heteroatoms. The van der Waals surface area contributed by atoms with Crippen molar-refractivity contribution in [1.82, 2.24) is 0 Å². The third kappa shape index (κ3) is 2.74. The number of benzene rings is 2. The van der Waals surface area contributed by atoms with E-state index < -0.39 is 23.8 Å². The Morgan fingerprint density at radius 3 is 2.61 bits per heavy atom. The van der Waals surface area contributed by atoms with E-state index in [1.807, 2.05) is 30.3 Å². The summed E-state index contributed by atoms with van der Waals surface area (Å²) in [5.74, 6) is -2.31. The maximum absolute atomic E-state index is 11.5. The number of carboxylic acids is 2. The molecule has 2 aromatic rings. The zero-order valence-electron chi connectivity index (χ0n) is 12.8. The van der Waals surface area contributed by atoms with Crippen LogP contribution in [0.1, 0.15) is 29.9 Å². The minimum absolute atomic E-state index is 0.167. The lowest BCUT2D eigenvalue weighted by Gasteiger charge is -2.31. The van der Waals surface area contributed by atoms with Crippen molar-refractivity contribution in [3.63, 3.8) is 0 Å². The Morgan fingerprint density at radius 1 is 1.22 bits per heavy atom. The van der Waals surface area contributed by atoms with Crippen LogP contribution in [0.3, 0.4) is 0 Å². The number of carbonyl (C=O) groups is 2. The number of fused-ring (bicyclic) bond motifs is 3. The molecule has 0 aromatic heterocycles. The van der Waals surface area contributed by atoms with Crippen LogP contribution >= 0.6 is 0 Å². The molecular formula is C18H18O5. The lowest BCUT2D eigenvalue weighted by molar-refractivity contribution is -0.144. The van der Waals surface area contributed by atoms with E-state index in [4.69, 9.17) is 4.74 Å². The molecule has 120 valence electrons. The van der Waals surface area contributed by atoms with Crippen molar-refractivity contribution < 1.29 is 24.5 Å². The molecule has 3 rings (SSSR count). The Morgan fingerprint density at radius 2 is 1.96 bits per heavy atom. The quantitative estimate of drug-likeness (QED) is 0.906. The van der Waals surface area contributed by atoms with Crippen molar-refractivity contribution in [2.75, 3.05) is 7.11 Å². The largest absolute Gasteiger partial charge is 0.497 e.